The number of nitrogens with zero attached hydrogens (tertiary/aromatic N) is 2. The van der Waals surface area contributed by atoms with Crippen LogP contribution in [-0.2, 0) is 16.0 Å². The minimum atomic E-state index is -0.0493. The largest absolute Gasteiger partial charge is 0.331 e. The molecule has 4 nitrogen and oxygen atoms in total. The van der Waals surface area contributed by atoms with Gasteiger partial charge in [-0.25, -0.2) is 0 Å². The zero-order chi connectivity index (χ0) is 18.3. The molecular weight excluding hydrogens is 344 g/mol. The Kier molecular flexibility index (Phi) is 4.57. The fourth-order valence-electron chi connectivity index (χ4n) is 3.93. The van der Waals surface area contributed by atoms with Crippen molar-refractivity contribution in [2.45, 2.75) is 45.2 Å². The second-order valence-electron chi connectivity index (χ2n) is 7.27. The molecule has 0 radical (unpaired) electrons. The van der Waals surface area contributed by atoms with Crippen LogP contribution >= 0.6 is 11.3 Å². The normalized spacial score (nSPS) is 19.2. The van der Waals surface area contributed by atoms with E-state index in [1.54, 1.807) is 23.2 Å². The summed E-state index contributed by atoms with van der Waals surface area (Å²) in [6.45, 7) is 4.58. The van der Waals surface area contributed by atoms with Crippen molar-refractivity contribution in [2.24, 2.45) is 0 Å². The summed E-state index contributed by atoms with van der Waals surface area (Å²) in [4.78, 5) is 30.3. The third-order valence-electron chi connectivity index (χ3n) is 5.47. The Morgan fingerprint density at radius 1 is 1.19 bits per heavy atom. The topological polar surface area (TPSA) is 40.6 Å². The molecule has 2 heterocycles. The van der Waals surface area contributed by atoms with Gasteiger partial charge in [-0.15, -0.1) is 11.3 Å². The van der Waals surface area contributed by atoms with Crippen LogP contribution in [0.1, 0.15) is 47.4 Å². The van der Waals surface area contributed by atoms with Crippen molar-refractivity contribution in [3.8, 4) is 0 Å². The van der Waals surface area contributed by atoms with Gasteiger partial charge < -0.3 is 9.80 Å². The molecule has 1 aromatic heterocycles. The number of carbonyl (C=O) groups is 2. The summed E-state index contributed by atoms with van der Waals surface area (Å²) in [5, 5.41) is 2.12. The van der Waals surface area contributed by atoms with E-state index in [1.165, 1.54) is 21.6 Å². The quantitative estimate of drug-likeness (QED) is 0.828. The van der Waals surface area contributed by atoms with E-state index in [-0.39, 0.29) is 30.4 Å². The van der Waals surface area contributed by atoms with Crippen LogP contribution < -0.4 is 0 Å². The fourth-order valence-corrected chi connectivity index (χ4v) is 4.84. The van der Waals surface area contributed by atoms with Crippen molar-refractivity contribution < 1.29 is 9.59 Å². The first-order chi connectivity index (χ1) is 12.6. The molecule has 136 valence electrons. The van der Waals surface area contributed by atoms with Crippen LogP contribution in [0.25, 0.3) is 0 Å². The van der Waals surface area contributed by atoms with Gasteiger partial charge in [-0.2, -0.15) is 0 Å². The molecule has 1 aliphatic carbocycles. The number of thiophene rings is 1. The van der Waals surface area contributed by atoms with E-state index >= 15 is 0 Å². The van der Waals surface area contributed by atoms with E-state index in [0.717, 1.165) is 19.3 Å². The highest BCUT2D eigenvalue weighted by Crippen LogP contribution is 2.39. The minimum Gasteiger partial charge on any atom is -0.331 e. The molecule has 4 rings (SSSR count). The molecule has 2 aliphatic rings. The summed E-state index contributed by atoms with van der Waals surface area (Å²) in [6.07, 6.45) is 2.93. The van der Waals surface area contributed by atoms with Crippen molar-refractivity contribution in [3.05, 3.63) is 57.3 Å². The van der Waals surface area contributed by atoms with Crippen molar-refractivity contribution in [2.75, 3.05) is 13.1 Å². The Morgan fingerprint density at radius 3 is 2.65 bits per heavy atom. The average Bonchev–Trinajstić information content (AvgIpc) is 3.35. The average molecular weight is 369 g/mol. The van der Waals surface area contributed by atoms with Gasteiger partial charge in [0.2, 0.25) is 11.8 Å². The standard InChI is InChI=1S/C21H24N2O2S/c1-14-5-3-4-6-17(14)21-18-10-12-26-19(18)9-11-22(21)20(25)13-23(15(2)24)16-7-8-16/h3-6,10,12,16,21H,7-9,11,13H2,1-2H3/t21-/m0/s1. The number of carbonyl (C=O) groups excluding carboxylic acids is 2. The lowest BCUT2D eigenvalue weighted by molar-refractivity contribution is -0.141. The van der Waals surface area contributed by atoms with E-state index in [1.807, 2.05) is 17.0 Å². The molecule has 26 heavy (non-hydrogen) atoms. The lowest BCUT2D eigenvalue weighted by atomic mass is 9.90. The van der Waals surface area contributed by atoms with Crippen molar-refractivity contribution in [1.82, 2.24) is 9.80 Å². The van der Waals surface area contributed by atoms with Crippen molar-refractivity contribution in [3.63, 3.8) is 0 Å². The molecule has 1 aromatic carbocycles. The van der Waals surface area contributed by atoms with Crippen LogP contribution in [0.5, 0.6) is 0 Å². The predicted molar refractivity (Wildman–Crippen MR) is 103 cm³/mol. The highest BCUT2D eigenvalue weighted by molar-refractivity contribution is 7.10. The fraction of sp³-hybridized carbons (Fsp3) is 0.429. The van der Waals surface area contributed by atoms with Crippen LogP contribution in [0.15, 0.2) is 35.7 Å². The van der Waals surface area contributed by atoms with Gasteiger partial charge in [0.1, 0.15) is 6.54 Å². The Bertz CT molecular complexity index is 840. The van der Waals surface area contributed by atoms with E-state index in [2.05, 4.69) is 30.5 Å². The second-order valence-corrected chi connectivity index (χ2v) is 8.27. The Balaban J connectivity index is 1.67. The Labute approximate surface area is 158 Å². The number of rotatable bonds is 4. The van der Waals surface area contributed by atoms with Crippen molar-refractivity contribution in [1.29, 1.82) is 0 Å². The molecule has 1 atom stereocenters. The smallest absolute Gasteiger partial charge is 0.243 e. The SMILES string of the molecule is CC(=O)N(CC(=O)N1CCc2sccc2[C@@H]1c1ccccc1C)C1CC1. The monoisotopic (exact) mass is 368 g/mol. The zero-order valence-corrected chi connectivity index (χ0v) is 16.1. The number of benzene rings is 1. The van der Waals surface area contributed by atoms with Gasteiger partial charge in [-0.3, -0.25) is 9.59 Å². The lowest BCUT2D eigenvalue weighted by Crippen LogP contribution is -2.47. The van der Waals surface area contributed by atoms with Gasteiger partial charge in [0, 0.05) is 24.4 Å². The maximum absolute atomic E-state index is 13.2. The Hall–Kier alpha value is -2.14. The first-order valence-electron chi connectivity index (χ1n) is 9.24. The molecular formula is C21H24N2O2S. The second kappa shape index (κ2) is 6.88. The molecule has 1 fully saturated rings. The minimum absolute atomic E-state index is 0.00141. The van der Waals surface area contributed by atoms with Crippen LogP contribution in [-0.4, -0.2) is 40.7 Å². The van der Waals surface area contributed by atoms with Gasteiger partial charge in [-0.1, -0.05) is 24.3 Å². The van der Waals surface area contributed by atoms with Crippen LogP contribution in [0.2, 0.25) is 0 Å². The Morgan fingerprint density at radius 2 is 1.96 bits per heavy atom. The molecule has 1 saturated carbocycles. The van der Waals surface area contributed by atoms with Gasteiger partial charge in [0.15, 0.2) is 0 Å². The summed E-state index contributed by atoms with van der Waals surface area (Å²) >= 11 is 1.77. The van der Waals surface area contributed by atoms with E-state index in [9.17, 15) is 9.59 Å². The summed E-state index contributed by atoms with van der Waals surface area (Å²) < 4.78 is 0. The third-order valence-corrected chi connectivity index (χ3v) is 6.46. The number of hydrogen-bond donors (Lipinski definition) is 0. The molecule has 0 bridgehead atoms. The molecule has 1 aliphatic heterocycles. The highest BCUT2D eigenvalue weighted by Gasteiger charge is 2.37. The van der Waals surface area contributed by atoms with Crippen LogP contribution in [0.4, 0.5) is 0 Å². The molecule has 2 aromatic rings. The number of aryl methyl sites for hydroxylation is 1. The molecule has 0 saturated heterocycles. The maximum atomic E-state index is 13.2. The first kappa shape index (κ1) is 17.3. The number of amides is 2. The van der Waals surface area contributed by atoms with Crippen molar-refractivity contribution >= 4 is 23.2 Å². The van der Waals surface area contributed by atoms with Crippen LogP contribution in [0, 0.1) is 6.92 Å². The van der Waals surface area contributed by atoms with E-state index in [0.29, 0.717) is 6.54 Å². The lowest BCUT2D eigenvalue weighted by Gasteiger charge is -2.38. The molecule has 2 amide bonds. The highest BCUT2D eigenvalue weighted by atomic mass is 32.1. The summed E-state index contributed by atoms with van der Waals surface area (Å²) in [6, 6.07) is 10.7. The van der Waals surface area contributed by atoms with E-state index < -0.39 is 0 Å². The van der Waals surface area contributed by atoms with Gasteiger partial charge in [-0.05, 0) is 54.3 Å². The maximum Gasteiger partial charge on any atom is 0.243 e. The molecule has 0 unspecified atom stereocenters. The predicted octanol–water partition coefficient (Wildman–Crippen LogP) is 3.54. The van der Waals surface area contributed by atoms with Crippen LogP contribution in [0.3, 0.4) is 0 Å². The van der Waals surface area contributed by atoms with Gasteiger partial charge in [0.05, 0.1) is 6.04 Å². The summed E-state index contributed by atoms with van der Waals surface area (Å²) in [5.74, 6) is 0.0544. The third kappa shape index (κ3) is 3.16. The molecule has 0 N–H and O–H groups in total. The first-order valence-corrected chi connectivity index (χ1v) is 10.1. The molecule has 5 heteroatoms. The number of hydrogen-bond acceptors (Lipinski definition) is 3. The summed E-state index contributed by atoms with van der Waals surface area (Å²) in [7, 11) is 0. The molecule has 0 spiro atoms. The zero-order valence-electron chi connectivity index (χ0n) is 15.3. The summed E-state index contributed by atoms with van der Waals surface area (Å²) in [5.41, 5.74) is 3.62. The number of fused-ring (bicyclic) bond motifs is 1. The van der Waals surface area contributed by atoms with Gasteiger partial charge >= 0.3 is 0 Å². The van der Waals surface area contributed by atoms with Gasteiger partial charge in [0.25, 0.3) is 0 Å². The van der Waals surface area contributed by atoms with E-state index in [4.69, 9.17) is 0 Å².